The predicted octanol–water partition coefficient (Wildman–Crippen LogP) is 2.24. The summed E-state index contributed by atoms with van der Waals surface area (Å²) in [5.41, 5.74) is 1.12. The Balaban J connectivity index is 1.47. The van der Waals surface area contributed by atoms with Gasteiger partial charge in [-0.15, -0.1) is 0 Å². The average Bonchev–Trinajstić information content (AvgIpc) is 3.07. The maximum atomic E-state index is 12.9. The van der Waals surface area contributed by atoms with Gasteiger partial charge in [0.2, 0.25) is 0 Å². The highest BCUT2D eigenvalue weighted by molar-refractivity contribution is 5.82. The van der Waals surface area contributed by atoms with Gasteiger partial charge in [0.25, 0.3) is 5.91 Å². The highest BCUT2D eigenvalue weighted by atomic mass is 19.1. The van der Waals surface area contributed by atoms with Crippen LogP contribution in [0.25, 0.3) is 0 Å². The van der Waals surface area contributed by atoms with Gasteiger partial charge >= 0.3 is 5.97 Å². The first-order chi connectivity index (χ1) is 11.5. The van der Waals surface area contributed by atoms with E-state index in [-0.39, 0.29) is 11.7 Å². The van der Waals surface area contributed by atoms with Crippen LogP contribution in [0.3, 0.4) is 0 Å². The van der Waals surface area contributed by atoms with E-state index < -0.39 is 18.2 Å². The molecular weight excluding hydrogens is 313 g/mol. The Morgan fingerprint density at radius 1 is 1.08 bits per heavy atom. The number of nitrogens with zero attached hydrogens (tertiary/aromatic N) is 1. The maximum Gasteiger partial charge on any atom is 0.332 e. The van der Waals surface area contributed by atoms with Gasteiger partial charge in [-0.1, -0.05) is 12.1 Å². The van der Waals surface area contributed by atoms with E-state index in [0.717, 1.165) is 24.8 Å². The third-order valence-corrected chi connectivity index (χ3v) is 4.93. The largest absolute Gasteiger partial charge is 0.479 e. The molecule has 24 heavy (non-hydrogen) atoms. The first kappa shape index (κ1) is 16.9. The second-order valence-corrected chi connectivity index (χ2v) is 6.63. The molecule has 2 aliphatic heterocycles. The van der Waals surface area contributed by atoms with Crippen molar-refractivity contribution < 1.29 is 23.8 Å². The Kier molecular flexibility index (Phi) is 5.14. The molecule has 0 bridgehead atoms. The zero-order chi connectivity index (χ0) is 17.1. The zero-order valence-electron chi connectivity index (χ0n) is 13.5. The molecule has 3 rings (SSSR count). The van der Waals surface area contributed by atoms with Crippen LogP contribution in [0.5, 0.6) is 0 Å². The van der Waals surface area contributed by atoms with Crippen molar-refractivity contribution >= 4 is 11.9 Å². The summed E-state index contributed by atoms with van der Waals surface area (Å²) >= 11 is 0. The van der Waals surface area contributed by atoms with Crippen LogP contribution in [0.15, 0.2) is 24.3 Å². The van der Waals surface area contributed by atoms with Gasteiger partial charge < -0.3 is 14.7 Å². The summed E-state index contributed by atoms with van der Waals surface area (Å²) in [4.78, 5) is 25.1. The van der Waals surface area contributed by atoms with Gasteiger partial charge in [0.15, 0.2) is 6.10 Å². The quantitative estimate of drug-likeness (QED) is 0.916. The van der Waals surface area contributed by atoms with E-state index in [0.29, 0.717) is 31.8 Å². The summed E-state index contributed by atoms with van der Waals surface area (Å²) < 4.78 is 18.3. The van der Waals surface area contributed by atoms with Gasteiger partial charge in [-0.25, -0.2) is 9.18 Å². The Bertz CT molecular complexity index is 596. The minimum absolute atomic E-state index is 0.0843. The van der Waals surface area contributed by atoms with Gasteiger partial charge in [-0.3, -0.25) is 4.79 Å². The number of rotatable bonds is 4. The van der Waals surface area contributed by atoms with Gasteiger partial charge in [0.05, 0.1) is 0 Å². The molecule has 5 nitrogen and oxygen atoms in total. The van der Waals surface area contributed by atoms with Crippen LogP contribution in [0.2, 0.25) is 0 Å². The Morgan fingerprint density at radius 3 is 2.29 bits per heavy atom. The number of hydrogen-bond acceptors (Lipinski definition) is 3. The monoisotopic (exact) mass is 335 g/mol. The van der Waals surface area contributed by atoms with Crippen LogP contribution in [-0.2, 0) is 20.7 Å². The van der Waals surface area contributed by atoms with Gasteiger partial charge in [0.1, 0.15) is 11.9 Å². The number of benzene rings is 1. The molecule has 1 aromatic rings. The van der Waals surface area contributed by atoms with E-state index in [1.54, 1.807) is 4.90 Å². The third-order valence-electron chi connectivity index (χ3n) is 4.93. The number of carboxylic acid groups (broad SMARTS) is 1. The second-order valence-electron chi connectivity index (χ2n) is 6.63. The molecule has 0 radical (unpaired) electrons. The second kappa shape index (κ2) is 7.30. The lowest BCUT2D eigenvalue weighted by Crippen LogP contribution is -2.44. The summed E-state index contributed by atoms with van der Waals surface area (Å²) in [6.07, 6.45) is 2.10. The van der Waals surface area contributed by atoms with Crippen molar-refractivity contribution in [1.29, 1.82) is 0 Å². The number of carbonyl (C=O) groups excluding carboxylic acids is 1. The van der Waals surface area contributed by atoms with Crippen LogP contribution in [-0.4, -0.2) is 47.2 Å². The molecule has 2 atom stereocenters. The molecule has 2 fully saturated rings. The normalized spacial score (nSPS) is 25.0. The highest BCUT2D eigenvalue weighted by Gasteiger charge is 2.37. The molecule has 1 amide bonds. The van der Waals surface area contributed by atoms with Gasteiger partial charge in [-0.05, 0) is 55.7 Å². The molecule has 2 saturated heterocycles. The fraction of sp³-hybridized carbons (Fsp3) is 0.556. The highest BCUT2D eigenvalue weighted by Crippen LogP contribution is 2.26. The number of aliphatic carboxylic acids is 1. The van der Waals surface area contributed by atoms with E-state index in [2.05, 4.69) is 0 Å². The SMILES string of the molecule is O=C(O)[C@H]1CC[C@@H](C(=O)N2CCC(Cc3ccc(F)cc3)CC2)O1. The summed E-state index contributed by atoms with van der Waals surface area (Å²) in [7, 11) is 0. The lowest BCUT2D eigenvalue weighted by Gasteiger charge is -2.33. The molecule has 0 spiro atoms. The van der Waals surface area contributed by atoms with Gasteiger partial charge in [0, 0.05) is 13.1 Å². The van der Waals surface area contributed by atoms with E-state index in [4.69, 9.17) is 9.84 Å². The predicted molar refractivity (Wildman–Crippen MR) is 84.9 cm³/mol. The van der Waals surface area contributed by atoms with Crippen LogP contribution in [0.1, 0.15) is 31.2 Å². The zero-order valence-corrected chi connectivity index (χ0v) is 13.5. The molecule has 0 unspecified atom stereocenters. The Hall–Kier alpha value is -1.95. The van der Waals surface area contributed by atoms with Gasteiger partial charge in [-0.2, -0.15) is 0 Å². The van der Waals surface area contributed by atoms with E-state index in [1.165, 1.54) is 12.1 Å². The average molecular weight is 335 g/mol. The molecule has 0 saturated carbocycles. The molecule has 1 aromatic carbocycles. The number of amides is 1. The minimum Gasteiger partial charge on any atom is -0.479 e. The summed E-state index contributed by atoms with van der Waals surface area (Å²) in [5, 5.41) is 8.94. The van der Waals surface area contributed by atoms with Crippen LogP contribution >= 0.6 is 0 Å². The Morgan fingerprint density at radius 2 is 1.71 bits per heavy atom. The molecular formula is C18H22FNO4. The van der Waals surface area contributed by atoms with Crippen LogP contribution < -0.4 is 0 Å². The molecule has 0 aliphatic carbocycles. The number of likely N-dealkylation sites (tertiary alicyclic amines) is 1. The number of halogens is 1. The van der Waals surface area contributed by atoms with Crippen molar-refractivity contribution in [2.45, 2.75) is 44.3 Å². The minimum atomic E-state index is -0.997. The number of ether oxygens (including phenoxy) is 1. The topological polar surface area (TPSA) is 66.8 Å². The summed E-state index contributed by atoms with van der Waals surface area (Å²) in [6.45, 7) is 1.34. The molecule has 6 heteroatoms. The van der Waals surface area contributed by atoms with Crippen molar-refractivity contribution in [1.82, 2.24) is 4.90 Å². The van der Waals surface area contributed by atoms with E-state index in [9.17, 15) is 14.0 Å². The number of hydrogen-bond donors (Lipinski definition) is 1. The first-order valence-corrected chi connectivity index (χ1v) is 8.44. The summed E-state index contributed by atoms with van der Waals surface area (Å²) in [5.74, 6) is -0.826. The number of carboxylic acids is 1. The fourth-order valence-electron chi connectivity index (χ4n) is 3.52. The fourth-order valence-corrected chi connectivity index (χ4v) is 3.52. The molecule has 130 valence electrons. The standard InChI is InChI=1S/C18H22FNO4/c19-14-3-1-12(2-4-14)11-13-7-9-20(10-8-13)17(21)15-5-6-16(24-15)18(22)23/h1-4,13,15-16H,5-11H2,(H,22,23)/t15-,16+/m0/s1. The smallest absolute Gasteiger partial charge is 0.332 e. The number of carbonyl (C=O) groups is 2. The molecule has 0 aromatic heterocycles. The lowest BCUT2D eigenvalue weighted by atomic mass is 9.90. The van der Waals surface area contributed by atoms with Crippen molar-refractivity contribution in [3.63, 3.8) is 0 Å². The molecule has 2 heterocycles. The maximum absolute atomic E-state index is 12.9. The molecule has 1 N–H and O–H groups in total. The van der Waals surface area contributed by atoms with E-state index >= 15 is 0 Å². The third kappa shape index (κ3) is 3.93. The van der Waals surface area contributed by atoms with Crippen LogP contribution in [0.4, 0.5) is 4.39 Å². The summed E-state index contributed by atoms with van der Waals surface area (Å²) in [6, 6.07) is 6.57. The van der Waals surface area contributed by atoms with Crippen molar-refractivity contribution in [3.8, 4) is 0 Å². The first-order valence-electron chi connectivity index (χ1n) is 8.44. The van der Waals surface area contributed by atoms with Crippen molar-refractivity contribution in [2.24, 2.45) is 5.92 Å². The lowest BCUT2D eigenvalue weighted by molar-refractivity contribution is -0.155. The van der Waals surface area contributed by atoms with Crippen LogP contribution in [0, 0.1) is 11.7 Å². The Labute approximate surface area is 140 Å². The number of piperidine rings is 1. The molecule has 2 aliphatic rings. The van der Waals surface area contributed by atoms with Crippen molar-refractivity contribution in [2.75, 3.05) is 13.1 Å². The van der Waals surface area contributed by atoms with Crippen molar-refractivity contribution in [3.05, 3.63) is 35.6 Å². The van der Waals surface area contributed by atoms with E-state index in [1.807, 2.05) is 12.1 Å².